The molecule has 2 aromatic rings. The van der Waals surface area contributed by atoms with Crippen molar-refractivity contribution >= 4 is 17.5 Å². The van der Waals surface area contributed by atoms with Gasteiger partial charge in [-0.15, -0.1) is 0 Å². The van der Waals surface area contributed by atoms with E-state index in [4.69, 9.17) is 5.11 Å². The van der Waals surface area contributed by atoms with Crippen molar-refractivity contribution in [3.63, 3.8) is 0 Å². The molecule has 6 heteroatoms. The highest BCUT2D eigenvalue weighted by atomic mass is 16.4. The monoisotopic (exact) mass is 247 g/mol. The summed E-state index contributed by atoms with van der Waals surface area (Å²) < 4.78 is 1.70. The fourth-order valence-electron chi connectivity index (χ4n) is 1.61. The number of pyridine rings is 1. The molecule has 0 radical (unpaired) electrons. The predicted octanol–water partition coefficient (Wildman–Crippen LogP) is 0.927. The normalized spacial score (nSPS) is 12.3. The highest BCUT2D eigenvalue weighted by Gasteiger charge is 2.19. The van der Waals surface area contributed by atoms with Gasteiger partial charge in [-0.3, -0.25) is 4.79 Å². The Bertz CT molecular complexity index is 558. The number of fused-ring (bicyclic) bond motifs is 1. The number of carboxylic acid groups (broad SMARTS) is 1. The first kappa shape index (κ1) is 12.1. The molecule has 0 spiro atoms. The van der Waals surface area contributed by atoms with E-state index in [0.29, 0.717) is 12.1 Å². The molecule has 0 saturated heterocycles. The Labute approximate surface area is 103 Å². The van der Waals surface area contributed by atoms with Crippen molar-refractivity contribution in [3.05, 3.63) is 36.3 Å². The number of nitrogens with one attached hydrogen (secondary N) is 1. The Kier molecular flexibility index (Phi) is 3.27. The highest BCUT2D eigenvalue weighted by molar-refractivity contribution is 5.95. The molecule has 2 rings (SSSR count). The van der Waals surface area contributed by atoms with E-state index < -0.39 is 17.9 Å². The van der Waals surface area contributed by atoms with Crippen molar-refractivity contribution in [2.45, 2.75) is 19.4 Å². The first-order valence-corrected chi connectivity index (χ1v) is 5.59. The third-order valence-electron chi connectivity index (χ3n) is 2.61. The van der Waals surface area contributed by atoms with Gasteiger partial charge < -0.3 is 14.8 Å². The van der Waals surface area contributed by atoms with Gasteiger partial charge in [0.25, 0.3) is 5.91 Å². The number of carbonyl (C=O) groups is 2. The van der Waals surface area contributed by atoms with Crippen molar-refractivity contribution in [3.8, 4) is 0 Å². The van der Waals surface area contributed by atoms with Gasteiger partial charge >= 0.3 is 5.97 Å². The van der Waals surface area contributed by atoms with Crippen LogP contribution in [-0.2, 0) is 4.79 Å². The van der Waals surface area contributed by atoms with Crippen LogP contribution in [0.15, 0.2) is 30.6 Å². The molecule has 0 bridgehead atoms. The maximum Gasteiger partial charge on any atom is 0.326 e. The van der Waals surface area contributed by atoms with Crippen LogP contribution >= 0.6 is 0 Å². The Balaban J connectivity index is 2.20. The second-order valence-corrected chi connectivity index (χ2v) is 3.86. The first-order chi connectivity index (χ1) is 8.61. The van der Waals surface area contributed by atoms with E-state index in [0.717, 1.165) is 0 Å². The minimum absolute atomic E-state index is 0.209. The maximum atomic E-state index is 11.8. The number of hydrogen-bond acceptors (Lipinski definition) is 3. The molecular weight excluding hydrogens is 234 g/mol. The van der Waals surface area contributed by atoms with E-state index in [1.165, 1.54) is 0 Å². The van der Waals surface area contributed by atoms with Gasteiger partial charge in [-0.25, -0.2) is 9.78 Å². The molecule has 1 amide bonds. The van der Waals surface area contributed by atoms with E-state index in [1.54, 1.807) is 29.8 Å². The quantitative estimate of drug-likeness (QED) is 0.841. The minimum atomic E-state index is -1.05. The number of aromatic nitrogens is 2. The van der Waals surface area contributed by atoms with E-state index in [2.05, 4.69) is 10.3 Å². The highest BCUT2D eigenvalue weighted by Crippen LogP contribution is 2.05. The van der Waals surface area contributed by atoms with Gasteiger partial charge in [0.1, 0.15) is 17.4 Å². The molecular formula is C12H13N3O3. The summed E-state index contributed by atoms with van der Waals surface area (Å²) in [7, 11) is 0. The average Bonchev–Trinajstić information content (AvgIpc) is 2.79. The van der Waals surface area contributed by atoms with Gasteiger partial charge in [-0.2, -0.15) is 0 Å². The predicted molar refractivity (Wildman–Crippen MR) is 64.4 cm³/mol. The third kappa shape index (κ3) is 2.32. The molecule has 0 aromatic carbocycles. The minimum Gasteiger partial charge on any atom is -0.480 e. The Morgan fingerprint density at radius 2 is 2.28 bits per heavy atom. The fraction of sp³-hybridized carbons (Fsp3) is 0.250. The van der Waals surface area contributed by atoms with Crippen LogP contribution in [0.25, 0.3) is 5.65 Å². The molecule has 0 saturated carbocycles. The Morgan fingerprint density at radius 1 is 1.50 bits per heavy atom. The second-order valence-electron chi connectivity index (χ2n) is 3.86. The first-order valence-electron chi connectivity index (χ1n) is 5.59. The fourth-order valence-corrected chi connectivity index (χ4v) is 1.61. The summed E-state index contributed by atoms with van der Waals surface area (Å²) >= 11 is 0. The number of aliphatic carboxylic acids is 1. The summed E-state index contributed by atoms with van der Waals surface area (Å²) in [6.45, 7) is 1.70. The molecule has 94 valence electrons. The molecule has 6 nitrogen and oxygen atoms in total. The molecule has 1 atom stereocenters. The lowest BCUT2D eigenvalue weighted by atomic mass is 10.2. The van der Waals surface area contributed by atoms with Gasteiger partial charge in [0.05, 0.1) is 0 Å². The molecule has 0 unspecified atom stereocenters. The smallest absolute Gasteiger partial charge is 0.326 e. The van der Waals surface area contributed by atoms with E-state index >= 15 is 0 Å². The van der Waals surface area contributed by atoms with Crippen LogP contribution in [0.2, 0.25) is 0 Å². The number of hydrogen-bond donors (Lipinski definition) is 2. The van der Waals surface area contributed by atoms with Gasteiger partial charge in [0.15, 0.2) is 0 Å². The molecule has 2 N–H and O–H groups in total. The summed E-state index contributed by atoms with van der Waals surface area (Å²) in [4.78, 5) is 26.8. The third-order valence-corrected chi connectivity index (χ3v) is 2.61. The zero-order chi connectivity index (χ0) is 13.1. The van der Waals surface area contributed by atoms with Crippen LogP contribution < -0.4 is 5.32 Å². The van der Waals surface area contributed by atoms with E-state index in [9.17, 15) is 9.59 Å². The lowest BCUT2D eigenvalue weighted by Gasteiger charge is -2.10. The summed E-state index contributed by atoms with van der Waals surface area (Å²) in [6, 6.07) is 4.52. The number of nitrogens with zero attached hydrogens (tertiary/aromatic N) is 2. The zero-order valence-electron chi connectivity index (χ0n) is 9.83. The van der Waals surface area contributed by atoms with Crippen LogP contribution in [0.1, 0.15) is 23.8 Å². The van der Waals surface area contributed by atoms with Crippen molar-refractivity contribution in [1.29, 1.82) is 0 Å². The van der Waals surface area contributed by atoms with Crippen molar-refractivity contribution < 1.29 is 14.7 Å². The number of amides is 1. The Morgan fingerprint density at radius 3 is 2.89 bits per heavy atom. The molecule has 0 fully saturated rings. The van der Waals surface area contributed by atoms with Crippen LogP contribution in [0.5, 0.6) is 0 Å². The van der Waals surface area contributed by atoms with Gasteiger partial charge in [-0.05, 0) is 18.6 Å². The van der Waals surface area contributed by atoms with Crippen LogP contribution in [-0.4, -0.2) is 32.4 Å². The molecule has 18 heavy (non-hydrogen) atoms. The van der Waals surface area contributed by atoms with Crippen molar-refractivity contribution in [1.82, 2.24) is 14.7 Å². The summed E-state index contributed by atoms with van der Waals surface area (Å²) in [5, 5.41) is 11.3. The van der Waals surface area contributed by atoms with Crippen molar-refractivity contribution in [2.75, 3.05) is 0 Å². The van der Waals surface area contributed by atoms with Crippen molar-refractivity contribution in [2.24, 2.45) is 0 Å². The SMILES string of the molecule is CC[C@@H](NC(=O)c1cn2ccccc2n1)C(=O)O. The number of carbonyl (C=O) groups excluding carboxylic acids is 1. The molecule has 2 aromatic heterocycles. The lowest BCUT2D eigenvalue weighted by Crippen LogP contribution is -2.40. The van der Waals surface area contributed by atoms with E-state index in [-0.39, 0.29) is 5.69 Å². The topological polar surface area (TPSA) is 83.7 Å². The molecule has 0 aliphatic rings. The van der Waals surface area contributed by atoms with Gasteiger partial charge in [-0.1, -0.05) is 13.0 Å². The standard InChI is InChI=1S/C12H13N3O3/c1-2-8(12(17)18)14-11(16)9-7-15-6-4-3-5-10(15)13-9/h3-8H,2H2,1H3,(H,14,16)(H,17,18)/t8-/m1/s1. The number of rotatable bonds is 4. The van der Waals surface area contributed by atoms with Crippen LogP contribution in [0, 0.1) is 0 Å². The summed E-state index contributed by atoms with van der Waals surface area (Å²) in [5.41, 5.74) is 0.854. The second kappa shape index (κ2) is 4.87. The van der Waals surface area contributed by atoms with Gasteiger partial charge in [0.2, 0.25) is 0 Å². The summed E-state index contributed by atoms with van der Waals surface area (Å²) in [5.74, 6) is -1.53. The number of carboxylic acids is 1. The Hall–Kier alpha value is -2.37. The molecule has 2 heterocycles. The maximum absolute atomic E-state index is 11.8. The number of imidazole rings is 1. The average molecular weight is 247 g/mol. The van der Waals surface area contributed by atoms with Gasteiger partial charge in [0, 0.05) is 12.4 Å². The molecule has 0 aliphatic carbocycles. The lowest BCUT2D eigenvalue weighted by molar-refractivity contribution is -0.139. The molecule has 0 aliphatic heterocycles. The van der Waals surface area contributed by atoms with E-state index in [1.807, 2.05) is 12.1 Å². The summed E-state index contributed by atoms with van der Waals surface area (Å²) in [6.07, 6.45) is 3.67. The van der Waals surface area contributed by atoms with Crippen LogP contribution in [0.4, 0.5) is 0 Å². The zero-order valence-corrected chi connectivity index (χ0v) is 9.83. The van der Waals surface area contributed by atoms with Crippen LogP contribution in [0.3, 0.4) is 0 Å². The largest absolute Gasteiger partial charge is 0.480 e.